The fourth-order valence-electron chi connectivity index (χ4n) is 1.21. The summed E-state index contributed by atoms with van der Waals surface area (Å²) in [7, 11) is 0. The second kappa shape index (κ2) is 8.13. The van der Waals surface area contributed by atoms with Gasteiger partial charge in [0.25, 0.3) is 5.91 Å². The van der Waals surface area contributed by atoms with Gasteiger partial charge >= 0.3 is 29.6 Å². The van der Waals surface area contributed by atoms with E-state index in [0.29, 0.717) is 11.3 Å². The molecule has 0 aliphatic carbocycles. The maximum absolute atomic E-state index is 11.4. The Morgan fingerprint density at radius 1 is 1.28 bits per heavy atom. The number of nitrogens with one attached hydrogen (secondary N) is 1. The first-order chi connectivity index (χ1) is 7.99. The fraction of sp³-hybridized carbons (Fsp3) is 0.333. The van der Waals surface area contributed by atoms with Gasteiger partial charge in [-0.1, -0.05) is 0 Å². The molecule has 18 heavy (non-hydrogen) atoms. The number of hydrogen-bond donors (Lipinski definition) is 1. The van der Waals surface area contributed by atoms with E-state index in [0.717, 1.165) is 0 Å². The molecule has 0 aliphatic heterocycles. The first-order valence-corrected chi connectivity index (χ1v) is 5.24. The van der Waals surface area contributed by atoms with Crippen molar-refractivity contribution in [1.82, 2.24) is 5.32 Å². The number of amides is 1. The summed E-state index contributed by atoms with van der Waals surface area (Å²) in [5.74, 6) is -1.11. The van der Waals surface area contributed by atoms with Crippen molar-refractivity contribution in [1.29, 1.82) is 0 Å². The van der Waals surface area contributed by atoms with Crippen LogP contribution in [0, 0.1) is 0 Å². The summed E-state index contributed by atoms with van der Waals surface area (Å²) in [5, 5.41) is 12.4. The Bertz CT molecular complexity index is 403. The normalized spacial score (nSPS) is 9.50. The summed E-state index contributed by atoms with van der Waals surface area (Å²) in [6, 6.07) is 6.46. The summed E-state index contributed by atoms with van der Waals surface area (Å²) in [4.78, 5) is 21.6. The number of carbonyl (C=O) groups excluding carboxylic acids is 2. The summed E-state index contributed by atoms with van der Waals surface area (Å²) in [5.41, 5.74) is 0.377. The van der Waals surface area contributed by atoms with E-state index in [1.807, 2.05) is 13.8 Å². The molecule has 0 radical (unpaired) electrons. The van der Waals surface area contributed by atoms with E-state index in [1.165, 1.54) is 0 Å². The number of aliphatic carboxylic acids is 1. The SMILES string of the molecule is CC(C)Oc1ccc(C(=O)NCC(=O)[O-])cc1.[Na+]. The summed E-state index contributed by atoms with van der Waals surface area (Å²) in [6.45, 7) is 3.31. The molecule has 0 unspecified atom stereocenters. The van der Waals surface area contributed by atoms with Crippen LogP contribution < -0.4 is 44.7 Å². The largest absolute Gasteiger partial charge is 1.00 e. The van der Waals surface area contributed by atoms with Gasteiger partial charge in [0.1, 0.15) is 5.75 Å². The Balaban J connectivity index is 0.00000289. The molecule has 92 valence electrons. The van der Waals surface area contributed by atoms with E-state index in [2.05, 4.69) is 5.32 Å². The fourth-order valence-corrected chi connectivity index (χ4v) is 1.21. The minimum atomic E-state index is -1.32. The molecule has 0 atom stereocenters. The first kappa shape index (κ1) is 17.0. The smallest absolute Gasteiger partial charge is 0.548 e. The second-order valence-corrected chi connectivity index (χ2v) is 3.75. The van der Waals surface area contributed by atoms with Gasteiger partial charge in [0.2, 0.25) is 0 Å². The molecule has 0 aromatic heterocycles. The third-order valence-electron chi connectivity index (χ3n) is 1.88. The van der Waals surface area contributed by atoms with Crippen LogP contribution in [0.25, 0.3) is 0 Å². The third kappa shape index (κ3) is 6.05. The van der Waals surface area contributed by atoms with Crippen molar-refractivity contribution in [3.63, 3.8) is 0 Å². The molecule has 1 aromatic rings. The summed E-state index contributed by atoms with van der Waals surface area (Å²) < 4.78 is 5.41. The topological polar surface area (TPSA) is 78.5 Å². The standard InChI is InChI=1S/C12H15NO4.Na/c1-8(2)17-10-5-3-9(4-6-10)12(16)13-7-11(14)15;/h3-6,8H,7H2,1-2H3,(H,13,16)(H,14,15);/q;+1/p-1. The van der Waals surface area contributed by atoms with Gasteiger partial charge in [-0.15, -0.1) is 0 Å². The molecule has 1 amide bonds. The molecule has 0 saturated carbocycles. The molecule has 0 spiro atoms. The number of carboxylic acid groups (broad SMARTS) is 1. The Morgan fingerprint density at radius 3 is 2.28 bits per heavy atom. The van der Waals surface area contributed by atoms with Crippen molar-refractivity contribution in [2.75, 3.05) is 6.54 Å². The molecule has 5 nitrogen and oxygen atoms in total. The zero-order chi connectivity index (χ0) is 12.8. The third-order valence-corrected chi connectivity index (χ3v) is 1.88. The predicted molar refractivity (Wildman–Crippen MR) is 59.5 cm³/mol. The molecule has 1 rings (SSSR count). The molecular weight excluding hydrogens is 245 g/mol. The second-order valence-electron chi connectivity index (χ2n) is 3.75. The van der Waals surface area contributed by atoms with Crippen LogP contribution in [0.15, 0.2) is 24.3 Å². The molecule has 0 heterocycles. The molecule has 6 heteroatoms. The number of ether oxygens (including phenoxy) is 1. The molecule has 1 aromatic carbocycles. The van der Waals surface area contributed by atoms with Crippen molar-refractivity contribution in [2.45, 2.75) is 20.0 Å². The van der Waals surface area contributed by atoms with Crippen LogP contribution >= 0.6 is 0 Å². The van der Waals surface area contributed by atoms with Gasteiger partial charge < -0.3 is 20.0 Å². The van der Waals surface area contributed by atoms with Crippen molar-refractivity contribution >= 4 is 11.9 Å². The van der Waals surface area contributed by atoms with Crippen molar-refractivity contribution in [2.24, 2.45) is 0 Å². The molecule has 0 bridgehead atoms. The molecule has 0 aliphatic rings. The maximum atomic E-state index is 11.4. The van der Waals surface area contributed by atoms with Crippen LogP contribution in [-0.4, -0.2) is 24.5 Å². The monoisotopic (exact) mass is 259 g/mol. The Labute approximate surface area is 128 Å². The minimum absolute atomic E-state index is 0. The Morgan fingerprint density at radius 2 is 1.83 bits per heavy atom. The number of carboxylic acids is 1. The predicted octanol–water partition coefficient (Wildman–Crippen LogP) is -3.04. The van der Waals surface area contributed by atoms with E-state index >= 15 is 0 Å². The van der Waals surface area contributed by atoms with Gasteiger partial charge in [-0.25, -0.2) is 0 Å². The molecular formula is C12H14NNaO4. The van der Waals surface area contributed by atoms with Gasteiger partial charge in [0, 0.05) is 5.56 Å². The first-order valence-electron chi connectivity index (χ1n) is 5.24. The van der Waals surface area contributed by atoms with E-state index < -0.39 is 18.4 Å². The molecule has 0 fully saturated rings. The van der Waals surface area contributed by atoms with Crippen LogP contribution in [0.4, 0.5) is 0 Å². The van der Waals surface area contributed by atoms with Gasteiger partial charge in [-0.3, -0.25) is 4.79 Å². The maximum Gasteiger partial charge on any atom is 1.00 e. The van der Waals surface area contributed by atoms with Gasteiger partial charge in [0.05, 0.1) is 18.6 Å². The quantitative estimate of drug-likeness (QED) is 0.570. The van der Waals surface area contributed by atoms with Crippen molar-refractivity contribution in [3.05, 3.63) is 29.8 Å². The van der Waals surface area contributed by atoms with Crippen LogP contribution in [0.1, 0.15) is 24.2 Å². The number of carbonyl (C=O) groups is 2. The average Bonchev–Trinajstić information content (AvgIpc) is 2.26. The molecule has 0 saturated heterocycles. The van der Waals surface area contributed by atoms with E-state index in [-0.39, 0.29) is 35.7 Å². The van der Waals surface area contributed by atoms with Crippen LogP contribution in [-0.2, 0) is 4.79 Å². The number of benzene rings is 1. The van der Waals surface area contributed by atoms with Crippen molar-refractivity contribution in [3.8, 4) is 5.75 Å². The van der Waals surface area contributed by atoms with Gasteiger partial charge in [-0.2, -0.15) is 0 Å². The number of rotatable bonds is 5. The zero-order valence-corrected chi connectivity index (χ0v) is 12.7. The summed E-state index contributed by atoms with van der Waals surface area (Å²) in [6.07, 6.45) is 0.0627. The summed E-state index contributed by atoms with van der Waals surface area (Å²) >= 11 is 0. The van der Waals surface area contributed by atoms with E-state index in [4.69, 9.17) is 4.74 Å². The minimum Gasteiger partial charge on any atom is -0.548 e. The van der Waals surface area contributed by atoms with Crippen LogP contribution in [0.3, 0.4) is 0 Å². The molecule has 1 N–H and O–H groups in total. The Hall–Kier alpha value is -1.04. The van der Waals surface area contributed by atoms with E-state index in [9.17, 15) is 14.7 Å². The van der Waals surface area contributed by atoms with E-state index in [1.54, 1.807) is 24.3 Å². The zero-order valence-electron chi connectivity index (χ0n) is 10.7. The van der Waals surface area contributed by atoms with Gasteiger partial charge in [-0.05, 0) is 38.1 Å². The number of hydrogen-bond acceptors (Lipinski definition) is 4. The van der Waals surface area contributed by atoms with Crippen LogP contribution in [0.2, 0.25) is 0 Å². The van der Waals surface area contributed by atoms with Crippen LogP contribution in [0.5, 0.6) is 5.75 Å². The average molecular weight is 259 g/mol. The van der Waals surface area contributed by atoms with Gasteiger partial charge in [0.15, 0.2) is 0 Å². The Kier molecular flexibility index (Phi) is 7.66. The van der Waals surface area contributed by atoms with Crippen molar-refractivity contribution < 1.29 is 49.0 Å².